The Balaban J connectivity index is 2.88. The van der Waals surface area contributed by atoms with Gasteiger partial charge in [-0.2, -0.15) is 5.10 Å². The molecule has 5 heteroatoms. The summed E-state index contributed by atoms with van der Waals surface area (Å²) >= 11 is 9.37. The number of aromatic nitrogens is 2. The quantitative estimate of drug-likeness (QED) is 0.754. The van der Waals surface area contributed by atoms with Crippen molar-refractivity contribution in [1.29, 1.82) is 0 Å². The van der Waals surface area contributed by atoms with E-state index in [4.69, 9.17) is 11.6 Å². The molecule has 0 saturated carbocycles. The Morgan fingerprint density at radius 1 is 1.44 bits per heavy atom. The number of hydrogen-bond donors (Lipinski definition) is 0. The van der Waals surface area contributed by atoms with Gasteiger partial charge in [0.1, 0.15) is 0 Å². The van der Waals surface area contributed by atoms with Crippen LogP contribution in [0.25, 0.3) is 0 Å². The number of hydrogen-bond acceptors (Lipinski definition) is 2. The highest BCUT2D eigenvalue weighted by Gasteiger charge is 2.14. The maximum absolute atomic E-state index is 5.73. The lowest BCUT2D eigenvalue weighted by atomic mass is 10.3. The van der Waals surface area contributed by atoms with Crippen LogP contribution in [0.2, 0.25) is 0 Å². The van der Waals surface area contributed by atoms with Crippen LogP contribution in [-0.2, 0) is 19.5 Å². The Kier molecular flexibility index (Phi) is 5.79. The summed E-state index contributed by atoms with van der Waals surface area (Å²) in [6, 6.07) is 0. The van der Waals surface area contributed by atoms with E-state index >= 15 is 0 Å². The SMILES string of the molecule is CCc1nn(CC)c(CN(C)CCCl)c1Br. The fourth-order valence-electron chi connectivity index (χ4n) is 1.65. The maximum Gasteiger partial charge on any atom is 0.0767 e. The molecule has 3 nitrogen and oxygen atoms in total. The van der Waals surface area contributed by atoms with Crippen molar-refractivity contribution in [2.45, 2.75) is 33.4 Å². The Hall–Kier alpha value is -0.0600. The first-order chi connectivity index (χ1) is 7.63. The zero-order valence-electron chi connectivity index (χ0n) is 10.1. The molecule has 1 aromatic rings. The first-order valence-electron chi connectivity index (χ1n) is 5.62. The molecule has 0 aliphatic rings. The van der Waals surface area contributed by atoms with E-state index in [-0.39, 0.29) is 0 Å². The van der Waals surface area contributed by atoms with Gasteiger partial charge in [0.25, 0.3) is 0 Å². The summed E-state index contributed by atoms with van der Waals surface area (Å²) < 4.78 is 3.21. The Labute approximate surface area is 111 Å². The number of aryl methyl sites for hydroxylation is 2. The van der Waals surface area contributed by atoms with Crippen LogP contribution in [0.4, 0.5) is 0 Å². The minimum absolute atomic E-state index is 0.662. The third-order valence-electron chi connectivity index (χ3n) is 2.58. The van der Waals surface area contributed by atoms with Crippen molar-refractivity contribution in [3.63, 3.8) is 0 Å². The summed E-state index contributed by atoms with van der Waals surface area (Å²) in [5, 5.41) is 4.57. The molecule has 0 amide bonds. The summed E-state index contributed by atoms with van der Waals surface area (Å²) in [7, 11) is 2.08. The van der Waals surface area contributed by atoms with E-state index in [0.717, 1.165) is 36.2 Å². The molecule has 1 rings (SSSR count). The lowest BCUT2D eigenvalue weighted by molar-refractivity contribution is 0.333. The molecule has 0 bridgehead atoms. The second-order valence-corrected chi connectivity index (χ2v) is 4.97. The van der Waals surface area contributed by atoms with Crippen molar-refractivity contribution in [2.75, 3.05) is 19.5 Å². The van der Waals surface area contributed by atoms with Crippen LogP contribution >= 0.6 is 27.5 Å². The van der Waals surface area contributed by atoms with E-state index < -0.39 is 0 Å². The van der Waals surface area contributed by atoms with Crippen LogP contribution in [0.5, 0.6) is 0 Å². The molecule has 1 heterocycles. The molecule has 0 aliphatic heterocycles. The Morgan fingerprint density at radius 2 is 2.12 bits per heavy atom. The zero-order valence-corrected chi connectivity index (χ0v) is 12.5. The number of nitrogens with zero attached hydrogens (tertiary/aromatic N) is 3. The van der Waals surface area contributed by atoms with Gasteiger partial charge in [-0.05, 0) is 36.3 Å². The van der Waals surface area contributed by atoms with E-state index in [1.807, 2.05) is 0 Å². The standard InChI is InChI=1S/C11H19BrClN3/c1-4-9-11(12)10(16(5-2)14-9)8-15(3)7-6-13/h4-8H2,1-3H3. The molecule has 0 aliphatic carbocycles. The van der Waals surface area contributed by atoms with Gasteiger partial charge in [-0.3, -0.25) is 9.58 Å². The van der Waals surface area contributed by atoms with E-state index in [2.05, 4.69) is 51.5 Å². The highest BCUT2D eigenvalue weighted by molar-refractivity contribution is 9.10. The number of halogens is 2. The Morgan fingerprint density at radius 3 is 2.62 bits per heavy atom. The maximum atomic E-state index is 5.73. The van der Waals surface area contributed by atoms with Crippen molar-refractivity contribution < 1.29 is 0 Å². The van der Waals surface area contributed by atoms with Gasteiger partial charge in [-0.15, -0.1) is 11.6 Å². The molecule has 0 atom stereocenters. The average molecular weight is 309 g/mol. The highest BCUT2D eigenvalue weighted by atomic mass is 79.9. The topological polar surface area (TPSA) is 21.1 Å². The fraction of sp³-hybridized carbons (Fsp3) is 0.727. The van der Waals surface area contributed by atoms with Gasteiger partial charge in [0.15, 0.2) is 0 Å². The molecule has 0 saturated heterocycles. The van der Waals surface area contributed by atoms with E-state index in [1.165, 1.54) is 5.69 Å². The van der Waals surface area contributed by atoms with E-state index in [0.29, 0.717) is 5.88 Å². The minimum Gasteiger partial charge on any atom is -0.299 e. The number of alkyl halides is 1. The van der Waals surface area contributed by atoms with Gasteiger partial charge in [0.05, 0.1) is 15.9 Å². The Bertz CT molecular complexity index is 338. The normalized spacial score (nSPS) is 11.4. The van der Waals surface area contributed by atoms with Crippen LogP contribution in [0.3, 0.4) is 0 Å². The van der Waals surface area contributed by atoms with Gasteiger partial charge in [0, 0.05) is 25.5 Å². The van der Waals surface area contributed by atoms with Crippen LogP contribution in [-0.4, -0.2) is 34.2 Å². The summed E-state index contributed by atoms with van der Waals surface area (Å²) in [5.74, 6) is 0.662. The van der Waals surface area contributed by atoms with Crippen LogP contribution in [0.15, 0.2) is 4.47 Å². The number of rotatable bonds is 6. The summed E-state index contributed by atoms with van der Waals surface area (Å²) in [4.78, 5) is 2.21. The first-order valence-corrected chi connectivity index (χ1v) is 6.95. The average Bonchev–Trinajstić information content (AvgIpc) is 2.56. The van der Waals surface area contributed by atoms with Gasteiger partial charge in [-0.1, -0.05) is 6.92 Å². The van der Waals surface area contributed by atoms with Crippen molar-refractivity contribution >= 4 is 27.5 Å². The first kappa shape index (κ1) is 14.0. The zero-order chi connectivity index (χ0) is 12.1. The largest absolute Gasteiger partial charge is 0.299 e. The van der Waals surface area contributed by atoms with E-state index in [1.54, 1.807) is 0 Å². The second kappa shape index (κ2) is 6.62. The highest BCUT2D eigenvalue weighted by Crippen LogP contribution is 2.23. The van der Waals surface area contributed by atoms with Crippen molar-refractivity contribution in [3.05, 3.63) is 15.9 Å². The second-order valence-electron chi connectivity index (χ2n) is 3.80. The molecular weight excluding hydrogens is 289 g/mol. The molecule has 0 unspecified atom stereocenters. The third kappa shape index (κ3) is 3.22. The van der Waals surface area contributed by atoms with Crippen molar-refractivity contribution in [2.24, 2.45) is 0 Å². The van der Waals surface area contributed by atoms with Crippen LogP contribution in [0.1, 0.15) is 25.2 Å². The van der Waals surface area contributed by atoms with E-state index in [9.17, 15) is 0 Å². The predicted octanol–water partition coefficient (Wildman–Crippen LogP) is 2.90. The van der Waals surface area contributed by atoms with Crippen molar-refractivity contribution in [3.8, 4) is 0 Å². The minimum atomic E-state index is 0.662. The third-order valence-corrected chi connectivity index (χ3v) is 3.66. The van der Waals surface area contributed by atoms with Gasteiger partial charge in [-0.25, -0.2) is 0 Å². The lowest BCUT2D eigenvalue weighted by Gasteiger charge is -2.15. The molecule has 1 aromatic heterocycles. The molecule has 0 N–H and O–H groups in total. The summed E-state index contributed by atoms with van der Waals surface area (Å²) in [6.07, 6.45) is 0.958. The molecule has 0 radical (unpaired) electrons. The smallest absolute Gasteiger partial charge is 0.0767 e. The van der Waals surface area contributed by atoms with Gasteiger partial charge < -0.3 is 0 Å². The fourth-order valence-corrected chi connectivity index (χ4v) is 2.63. The molecule has 0 fully saturated rings. The summed E-state index contributed by atoms with van der Waals surface area (Å²) in [5.41, 5.74) is 2.38. The molecule has 0 spiro atoms. The molecule has 92 valence electrons. The molecule has 16 heavy (non-hydrogen) atoms. The van der Waals surface area contributed by atoms with Gasteiger partial charge in [0.2, 0.25) is 0 Å². The van der Waals surface area contributed by atoms with Gasteiger partial charge >= 0.3 is 0 Å². The van der Waals surface area contributed by atoms with Crippen molar-refractivity contribution in [1.82, 2.24) is 14.7 Å². The molecule has 0 aromatic carbocycles. The summed E-state index contributed by atoms with van der Waals surface area (Å²) in [6.45, 7) is 6.92. The van der Waals surface area contributed by atoms with Crippen LogP contribution < -0.4 is 0 Å². The van der Waals surface area contributed by atoms with Crippen LogP contribution in [0, 0.1) is 0 Å². The predicted molar refractivity (Wildman–Crippen MR) is 72.0 cm³/mol. The lowest BCUT2D eigenvalue weighted by Crippen LogP contribution is -2.22. The molecular formula is C11H19BrClN3. The monoisotopic (exact) mass is 307 g/mol.